The van der Waals surface area contributed by atoms with Gasteiger partial charge < -0.3 is 4.74 Å². The summed E-state index contributed by atoms with van der Waals surface area (Å²) in [4.78, 5) is 14.8. The first-order valence-electron chi connectivity index (χ1n) is 7.57. The van der Waals surface area contributed by atoms with E-state index in [-0.39, 0.29) is 5.91 Å². The number of ether oxygens (including phenoxy) is 1. The van der Waals surface area contributed by atoms with Gasteiger partial charge in [0.15, 0.2) is 10.1 Å². The van der Waals surface area contributed by atoms with Crippen LogP contribution in [0.1, 0.15) is 5.56 Å². The van der Waals surface area contributed by atoms with Crippen LogP contribution in [0.2, 0.25) is 10.0 Å². The zero-order valence-corrected chi connectivity index (χ0v) is 16.6. The van der Waals surface area contributed by atoms with Gasteiger partial charge in [-0.05, 0) is 35.9 Å². The Bertz CT molecular complexity index is 890. The monoisotopic (exact) mass is 421 g/mol. The fraction of sp³-hybridized carbons (Fsp3) is 0.0526. The fourth-order valence-corrected chi connectivity index (χ4v) is 4.27. The number of thiocarbonyl (C=S) groups is 1. The van der Waals surface area contributed by atoms with Crippen LogP contribution in [0, 0.1) is 0 Å². The highest BCUT2D eigenvalue weighted by atomic mass is 35.5. The Morgan fingerprint density at radius 3 is 2.46 bits per heavy atom. The third kappa shape index (κ3) is 3.96. The molecule has 1 fully saturated rings. The van der Waals surface area contributed by atoms with Gasteiger partial charge in [-0.2, -0.15) is 0 Å². The van der Waals surface area contributed by atoms with E-state index in [0.29, 0.717) is 37.2 Å². The van der Waals surface area contributed by atoms with Crippen molar-refractivity contribution in [3.8, 4) is 5.75 Å². The molecule has 1 saturated heterocycles. The van der Waals surface area contributed by atoms with Crippen LogP contribution in [-0.2, 0) is 4.79 Å². The Labute approximate surface area is 171 Å². The molecule has 3 nitrogen and oxygen atoms in total. The molecule has 0 N–H and O–H groups in total. The summed E-state index contributed by atoms with van der Waals surface area (Å²) in [6, 6.07) is 12.7. The number of hydrogen-bond acceptors (Lipinski definition) is 4. The molecule has 2 aromatic carbocycles. The number of hydrogen-bond donors (Lipinski definition) is 0. The Hall–Kier alpha value is -1.79. The molecule has 0 atom stereocenters. The molecule has 0 bridgehead atoms. The van der Waals surface area contributed by atoms with Crippen molar-refractivity contribution >= 4 is 69.2 Å². The average Bonchev–Trinajstić information content (AvgIpc) is 2.88. The molecule has 1 heterocycles. The average molecular weight is 422 g/mol. The fourth-order valence-electron chi connectivity index (χ4n) is 2.36. The number of anilines is 1. The predicted octanol–water partition coefficient (Wildman–Crippen LogP) is 5.96. The topological polar surface area (TPSA) is 29.5 Å². The van der Waals surface area contributed by atoms with Gasteiger partial charge in [0.05, 0.1) is 20.6 Å². The highest BCUT2D eigenvalue weighted by molar-refractivity contribution is 8.27. The highest BCUT2D eigenvalue weighted by Crippen LogP contribution is 2.38. The molecule has 26 heavy (non-hydrogen) atoms. The third-order valence-electron chi connectivity index (χ3n) is 3.47. The molecule has 0 radical (unpaired) electrons. The molecule has 1 amide bonds. The van der Waals surface area contributed by atoms with Crippen LogP contribution in [0.15, 0.2) is 60.0 Å². The van der Waals surface area contributed by atoms with Gasteiger partial charge in [-0.1, -0.05) is 78.0 Å². The van der Waals surface area contributed by atoms with E-state index >= 15 is 0 Å². The number of carbonyl (C=O) groups is 1. The molecule has 3 rings (SSSR count). The number of para-hydroxylation sites is 1. The van der Waals surface area contributed by atoms with Gasteiger partial charge in [0.1, 0.15) is 6.61 Å². The summed E-state index contributed by atoms with van der Waals surface area (Å²) in [5.74, 6) is 0.215. The maximum atomic E-state index is 12.7. The van der Waals surface area contributed by atoms with Gasteiger partial charge in [0.2, 0.25) is 0 Å². The largest absolute Gasteiger partial charge is 0.486 e. The molecule has 0 aromatic heterocycles. The number of amides is 1. The normalized spacial score (nSPS) is 15.6. The van der Waals surface area contributed by atoms with Crippen molar-refractivity contribution < 1.29 is 9.53 Å². The van der Waals surface area contributed by atoms with Crippen LogP contribution >= 0.6 is 47.2 Å². The Kier molecular flexibility index (Phi) is 6.04. The molecule has 0 saturated carbocycles. The second kappa shape index (κ2) is 8.27. The lowest BCUT2D eigenvalue weighted by Crippen LogP contribution is -2.27. The summed E-state index contributed by atoms with van der Waals surface area (Å²) >= 11 is 19.1. The van der Waals surface area contributed by atoms with E-state index in [9.17, 15) is 4.79 Å². The summed E-state index contributed by atoms with van der Waals surface area (Å²) in [7, 11) is 0. The quantitative estimate of drug-likeness (QED) is 0.338. The zero-order chi connectivity index (χ0) is 18.7. The molecule has 1 aliphatic heterocycles. The van der Waals surface area contributed by atoms with E-state index in [4.69, 9.17) is 40.2 Å². The van der Waals surface area contributed by atoms with Crippen LogP contribution in [-0.4, -0.2) is 16.8 Å². The lowest BCUT2D eigenvalue weighted by atomic mass is 10.2. The molecule has 7 heteroatoms. The van der Waals surface area contributed by atoms with Crippen LogP contribution < -0.4 is 9.64 Å². The van der Waals surface area contributed by atoms with Crippen LogP contribution in [0.4, 0.5) is 5.69 Å². The van der Waals surface area contributed by atoms with Crippen LogP contribution in [0.5, 0.6) is 5.75 Å². The Morgan fingerprint density at radius 1 is 1.19 bits per heavy atom. The lowest BCUT2D eigenvalue weighted by Gasteiger charge is -2.13. The smallest absolute Gasteiger partial charge is 0.270 e. The SMILES string of the molecule is C=CCOc1c(Cl)cc(/C=C2/SC(=S)N(c3ccccc3)C2=O)cc1Cl. The first-order valence-corrected chi connectivity index (χ1v) is 9.55. The summed E-state index contributed by atoms with van der Waals surface area (Å²) in [5, 5.41) is 0.730. The standard InChI is InChI=1S/C19H13Cl2NO2S2/c1-2-8-24-17-14(20)9-12(10-15(17)21)11-16-18(23)22(19(25)26-16)13-6-4-3-5-7-13/h2-7,9-11H,1,8H2/b16-11+. The molecule has 0 spiro atoms. The van der Waals surface area contributed by atoms with E-state index in [2.05, 4.69) is 6.58 Å². The van der Waals surface area contributed by atoms with Gasteiger partial charge in [0, 0.05) is 0 Å². The van der Waals surface area contributed by atoms with Crippen molar-refractivity contribution in [1.29, 1.82) is 0 Å². The van der Waals surface area contributed by atoms with Gasteiger partial charge in [-0.3, -0.25) is 9.69 Å². The third-order valence-corrected chi connectivity index (χ3v) is 5.34. The van der Waals surface area contributed by atoms with E-state index in [1.807, 2.05) is 30.3 Å². The van der Waals surface area contributed by atoms with Gasteiger partial charge >= 0.3 is 0 Å². The van der Waals surface area contributed by atoms with Gasteiger partial charge in [0.25, 0.3) is 5.91 Å². The zero-order valence-electron chi connectivity index (χ0n) is 13.4. The van der Waals surface area contributed by atoms with Crippen LogP contribution in [0.3, 0.4) is 0 Å². The summed E-state index contributed by atoms with van der Waals surface area (Å²) in [6.45, 7) is 3.89. The maximum Gasteiger partial charge on any atom is 0.270 e. The Balaban J connectivity index is 1.90. The second-order valence-corrected chi connectivity index (χ2v) is 7.76. The van der Waals surface area contributed by atoms with Crippen molar-refractivity contribution in [1.82, 2.24) is 0 Å². The van der Waals surface area contributed by atoms with E-state index in [1.54, 1.807) is 24.3 Å². The molecular formula is C19H13Cl2NO2S2. The lowest BCUT2D eigenvalue weighted by molar-refractivity contribution is -0.113. The first kappa shape index (κ1) is 19.0. The summed E-state index contributed by atoms with van der Waals surface area (Å²) in [5.41, 5.74) is 1.43. The minimum Gasteiger partial charge on any atom is -0.486 e. The molecule has 0 unspecified atom stereocenters. The van der Waals surface area contributed by atoms with Crippen molar-refractivity contribution in [2.75, 3.05) is 11.5 Å². The van der Waals surface area contributed by atoms with Crippen molar-refractivity contribution in [3.63, 3.8) is 0 Å². The minimum absolute atomic E-state index is 0.176. The molecular weight excluding hydrogens is 409 g/mol. The Morgan fingerprint density at radius 2 is 1.85 bits per heavy atom. The second-order valence-electron chi connectivity index (χ2n) is 5.27. The number of rotatable bonds is 5. The molecule has 0 aliphatic carbocycles. The molecule has 132 valence electrons. The molecule has 2 aromatic rings. The number of benzene rings is 2. The number of thioether (sulfide) groups is 1. The van der Waals surface area contributed by atoms with Gasteiger partial charge in [-0.15, -0.1) is 0 Å². The maximum absolute atomic E-state index is 12.7. The van der Waals surface area contributed by atoms with Crippen molar-refractivity contribution in [3.05, 3.63) is 75.6 Å². The number of halogens is 2. The van der Waals surface area contributed by atoms with E-state index in [0.717, 1.165) is 5.69 Å². The van der Waals surface area contributed by atoms with Crippen LogP contribution in [0.25, 0.3) is 6.08 Å². The number of carbonyl (C=O) groups excluding carboxylic acids is 1. The highest BCUT2D eigenvalue weighted by Gasteiger charge is 2.33. The molecule has 1 aliphatic rings. The summed E-state index contributed by atoms with van der Waals surface area (Å²) < 4.78 is 5.93. The van der Waals surface area contributed by atoms with Crippen molar-refractivity contribution in [2.45, 2.75) is 0 Å². The first-order chi connectivity index (χ1) is 12.5. The summed E-state index contributed by atoms with van der Waals surface area (Å²) in [6.07, 6.45) is 3.33. The van der Waals surface area contributed by atoms with E-state index in [1.165, 1.54) is 16.7 Å². The minimum atomic E-state index is -0.176. The predicted molar refractivity (Wildman–Crippen MR) is 114 cm³/mol. The van der Waals surface area contributed by atoms with Crippen molar-refractivity contribution in [2.24, 2.45) is 0 Å². The van der Waals surface area contributed by atoms with E-state index < -0.39 is 0 Å². The van der Waals surface area contributed by atoms with Gasteiger partial charge in [-0.25, -0.2) is 0 Å². The number of nitrogens with zero attached hydrogens (tertiary/aromatic N) is 1.